The SMILES string of the molecule is CC1=C(C(=O)Nc2ccc(F)cc2)[C@@H](c2ccc(Br)cc2)NC(=S)N1. The maximum Gasteiger partial charge on any atom is 0.255 e. The fourth-order valence-electron chi connectivity index (χ4n) is 2.63. The van der Waals surface area contributed by atoms with Gasteiger partial charge in [0.25, 0.3) is 5.91 Å². The highest BCUT2D eigenvalue weighted by Crippen LogP contribution is 2.28. The normalized spacial score (nSPS) is 16.9. The average molecular weight is 420 g/mol. The number of nitrogens with one attached hydrogen (secondary N) is 3. The molecule has 0 fully saturated rings. The van der Waals surface area contributed by atoms with Crippen LogP contribution in [0, 0.1) is 5.82 Å². The Balaban J connectivity index is 1.92. The summed E-state index contributed by atoms with van der Waals surface area (Å²) in [5.74, 6) is -0.632. The molecule has 0 aliphatic carbocycles. The minimum absolute atomic E-state index is 0.278. The van der Waals surface area contributed by atoms with Gasteiger partial charge in [-0.1, -0.05) is 28.1 Å². The van der Waals surface area contributed by atoms with Crippen molar-refractivity contribution in [1.82, 2.24) is 10.6 Å². The molecule has 0 aromatic heterocycles. The molecular formula is C18H15BrFN3OS. The zero-order valence-corrected chi connectivity index (χ0v) is 15.7. The lowest BCUT2D eigenvalue weighted by Gasteiger charge is -2.30. The van der Waals surface area contributed by atoms with Crippen LogP contribution in [-0.4, -0.2) is 11.0 Å². The van der Waals surface area contributed by atoms with Crippen molar-refractivity contribution in [3.63, 3.8) is 0 Å². The lowest BCUT2D eigenvalue weighted by Crippen LogP contribution is -2.45. The summed E-state index contributed by atoms with van der Waals surface area (Å²) in [6.07, 6.45) is 0. The van der Waals surface area contributed by atoms with Crippen LogP contribution in [0.15, 0.2) is 64.3 Å². The number of hydrogen-bond donors (Lipinski definition) is 3. The van der Waals surface area contributed by atoms with Crippen LogP contribution in [-0.2, 0) is 4.79 Å². The van der Waals surface area contributed by atoms with Crippen molar-refractivity contribution in [2.24, 2.45) is 0 Å². The predicted molar refractivity (Wildman–Crippen MR) is 103 cm³/mol. The number of amides is 1. The summed E-state index contributed by atoms with van der Waals surface area (Å²) in [6, 6.07) is 12.9. The molecule has 7 heteroatoms. The van der Waals surface area contributed by atoms with E-state index in [0.29, 0.717) is 22.1 Å². The van der Waals surface area contributed by atoms with Crippen LogP contribution >= 0.6 is 28.1 Å². The molecule has 3 rings (SSSR count). The third kappa shape index (κ3) is 4.05. The number of benzene rings is 2. The molecule has 2 aromatic carbocycles. The maximum absolute atomic E-state index is 13.0. The monoisotopic (exact) mass is 419 g/mol. The molecule has 0 radical (unpaired) electrons. The van der Waals surface area contributed by atoms with E-state index in [-0.39, 0.29) is 17.8 Å². The molecule has 1 heterocycles. The molecule has 0 saturated heterocycles. The first kappa shape index (κ1) is 17.6. The second-order valence-corrected chi connectivity index (χ2v) is 6.91. The Bertz CT molecular complexity index is 850. The van der Waals surface area contributed by atoms with Gasteiger partial charge in [0.05, 0.1) is 11.6 Å². The molecule has 25 heavy (non-hydrogen) atoms. The van der Waals surface area contributed by atoms with Crippen LogP contribution in [0.2, 0.25) is 0 Å². The lowest BCUT2D eigenvalue weighted by atomic mass is 9.95. The highest BCUT2D eigenvalue weighted by molar-refractivity contribution is 9.10. The molecule has 1 amide bonds. The zero-order chi connectivity index (χ0) is 18.0. The number of halogens is 2. The molecule has 0 unspecified atom stereocenters. The number of hydrogen-bond acceptors (Lipinski definition) is 2. The summed E-state index contributed by atoms with van der Waals surface area (Å²) in [6.45, 7) is 1.80. The minimum Gasteiger partial charge on any atom is -0.351 e. The number of carbonyl (C=O) groups is 1. The van der Waals surface area contributed by atoms with Crippen LogP contribution in [0.5, 0.6) is 0 Å². The fourth-order valence-corrected chi connectivity index (χ4v) is 3.17. The molecule has 4 nitrogen and oxygen atoms in total. The Morgan fingerprint density at radius 2 is 1.80 bits per heavy atom. The van der Waals surface area contributed by atoms with Gasteiger partial charge in [0.15, 0.2) is 5.11 Å². The lowest BCUT2D eigenvalue weighted by molar-refractivity contribution is -0.113. The van der Waals surface area contributed by atoms with Crippen LogP contribution < -0.4 is 16.0 Å². The van der Waals surface area contributed by atoms with Crippen LogP contribution in [0.1, 0.15) is 18.5 Å². The fraction of sp³-hybridized carbons (Fsp3) is 0.111. The topological polar surface area (TPSA) is 53.2 Å². The molecule has 0 bridgehead atoms. The third-order valence-electron chi connectivity index (χ3n) is 3.82. The highest BCUT2D eigenvalue weighted by Gasteiger charge is 2.29. The highest BCUT2D eigenvalue weighted by atomic mass is 79.9. The zero-order valence-electron chi connectivity index (χ0n) is 13.3. The summed E-state index contributed by atoms with van der Waals surface area (Å²) in [5.41, 5.74) is 2.64. The van der Waals surface area contributed by atoms with Gasteiger partial charge in [-0.15, -0.1) is 0 Å². The van der Waals surface area contributed by atoms with Crippen molar-refractivity contribution in [2.75, 3.05) is 5.32 Å². The summed E-state index contributed by atoms with van der Waals surface area (Å²) < 4.78 is 14.0. The number of rotatable bonds is 3. The van der Waals surface area contributed by atoms with Gasteiger partial charge >= 0.3 is 0 Å². The Kier molecular flexibility index (Phi) is 5.15. The Morgan fingerprint density at radius 1 is 1.16 bits per heavy atom. The number of carbonyl (C=O) groups excluding carboxylic acids is 1. The van der Waals surface area contributed by atoms with Gasteiger partial charge in [0.2, 0.25) is 0 Å². The Labute approximate surface area is 158 Å². The molecule has 1 aliphatic heterocycles. The van der Waals surface area contributed by atoms with Gasteiger partial charge in [-0.05, 0) is 61.1 Å². The second-order valence-electron chi connectivity index (χ2n) is 5.58. The van der Waals surface area contributed by atoms with E-state index in [0.717, 1.165) is 10.0 Å². The van der Waals surface area contributed by atoms with E-state index < -0.39 is 0 Å². The molecule has 1 aliphatic rings. The van der Waals surface area contributed by atoms with Gasteiger partial charge in [0.1, 0.15) is 5.82 Å². The van der Waals surface area contributed by atoms with E-state index in [1.165, 1.54) is 24.3 Å². The number of thiocarbonyl (C=S) groups is 1. The van der Waals surface area contributed by atoms with Crippen molar-refractivity contribution in [3.05, 3.63) is 75.7 Å². The van der Waals surface area contributed by atoms with Crippen molar-refractivity contribution in [3.8, 4) is 0 Å². The molecule has 3 N–H and O–H groups in total. The Morgan fingerprint density at radius 3 is 2.44 bits per heavy atom. The van der Waals surface area contributed by atoms with Crippen molar-refractivity contribution in [2.45, 2.75) is 13.0 Å². The number of anilines is 1. The molecule has 0 spiro atoms. The van der Waals surface area contributed by atoms with E-state index in [1.807, 2.05) is 24.3 Å². The summed E-state index contributed by atoms with van der Waals surface area (Å²) in [5, 5.41) is 9.38. The second kappa shape index (κ2) is 7.33. The molecule has 1 atom stereocenters. The molecule has 2 aromatic rings. The third-order valence-corrected chi connectivity index (χ3v) is 4.57. The van der Waals surface area contributed by atoms with E-state index in [9.17, 15) is 9.18 Å². The first-order chi connectivity index (χ1) is 11.9. The van der Waals surface area contributed by atoms with E-state index in [1.54, 1.807) is 6.92 Å². The predicted octanol–water partition coefficient (Wildman–Crippen LogP) is 4.02. The number of allylic oxidation sites excluding steroid dienone is 1. The van der Waals surface area contributed by atoms with Crippen LogP contribution in [0.3, 0.4) is 0 Å². The average Bonchev–Trinajstić information content (AvgIpc) is 2.57. The largest absolute Gasteiger partial charge is 0.351 e. The van der Waals surface area contributed by atoms with Gasteiger partial charge in [-0.2, -0.15) is 0 Å². The first-order valence-corrected chi connectivity index (χ1v) is 8.75. The summed E-state index contributed by atoms with van der Waals surface area (Å²) in [7, 11) is 0. The van der Waals surface area contributed by atoms with Gasteiger partial charge in [-0.3, -0.25) is 4.79 Å². The van der Waals surface area contributed by atoms with E-state index >= 15 is 0 Å². The van der Waals surface area contributed by atoms with Gasteiger partial charge in [-0.25, -0.2) is 4.39 Å². The van der Waals surface area contributed by atoms with Crippen molar-refractivity contribution in [1.29, 1.82) is 0 Å². The van der Waals surface area contributed by atoms with E-state index in [4.69, 9.17) is 12.2 Å². The first-order valence-electron chi connectivity index (χ1n) is 7.54. The standard InChI is InChI=1S/C18H15BrFN3OS/c1-10-15(17(24)22-14-8-6-13(20)7-9-14)16(23-18(25)21-10)11-2-4-12(19)5-3-11/h2-9,16H,1H3,(H,22,24)(H2,21,23,25)/t16-/m1/s1. The molecule has 0 saturated carbocycles. The smallest absolute Gasteiger partial charge is 0.255 e. The van der Waals surface area contributed by atoms with Crippen molar-refractivity contribution < 1.29 is 9.18 Å². The summed E-state index contributed by atoms with van der Waals surface area (Å²) in [4.78, 5) is 12.8. The van der Waals surface area contributed by atoms with E-state index in [2.05, 4.69) is 31.9 Å². The van der Waals surface area contributed by atoms with Crippen molar-refractivity contribution >= 4 is 44.9 Å². The van der Waals surface area contributed by atoms with Crippen LogP contribution in [0.4, 0.5) is 10.1 Å². The van der Waals surface area contributed by atoms with Gasteiger partial charge in [0, 0.05) is 15.9 Å². The van der Waals surface area contributed by atoms with Gasteiger partial charge < -0.3 is 16.0 Å². The summed E-state index contributed by atoms with van der Waals surface area (Å²) >= 11 is 8.64. The minimum atomic E-state index is -0.373. The Hall–Kier alpha value is -2.25. The molecule has 128 valence electrons. The van der Waals surface area contributed by atoms with Crippen LogP contribution in [0.25, 0.3) is 0 Å². The molecular weight excluding hydrogens is 405 g/mol. The quantitative estimate of drug-likeness (QED) is 0.657. The maximum atomic E-state index is 13.0.